The number of hydrogen-bond donors (Lipinski definition) is 0. The molecule has 1 saturated carbocycles. The monoisotopic (exact) mass is 640 g/mol. The molecule has 2 aromatic rings. The third-order valence-electron chi connectivity index (χ3n) is 6.67. The first-order valence-electron chi connectivity index (χ1n) is 14.3. The van der Waals surface area contributed by atoms with E-state index < -0.39 is 77.0 Å². The van der Waals surface area contributed by atoms with Gasteiger partial charge in [0.05, 0.1) is 13.0 Å². The van der Waals surface area contributed by atoms with Gasteiger partial charge >= 0.3 is 23.9 Å². The molecule has 1 fully saturated rings. The predicted molar refractivity (Wildman–Crippen MR) is 150 cm³/mol. The topological polar surface area (TPSA) is 112 Å². The number of ether oxygens (including phenoxy) is 2. The van der Waals surface area contributed by atoms with E-state index in [9.17, 15) is 36.7 Å². The van der Waals surface area contributed by atoms with Crippen molar-refractivity contribution in [3.63, 3.8) is 0 Å². The molecule has 10 nitrogen and oxygen atoms in total. The summed E-state index contributed by atoms with van der Waals surface area (Å²) in [7, 11) is 0. The lowest BCUT2D eigenvalue weighted by Crippen LogP contribution is -2.55. The Labute approximate surface area is 258 Å². The van der Waals surface area contributed by atoms with E-state index >= 15 is 0 Å². The van der Waals surface area contributed by atoms with Gasteiger partial charge in [-0.05, 0) is 44.7 Å². The molecule has 0 saturated heterocycles. The van der Waals surface area contributed by atoms with Gasteiger partial charge in [-0.2, -0.15) is 8.78 Å². The molecule has 246 valence electrons. The maximum Gasteiger partial charge on any atom is 0.326 e. The van der Waals surface area contributed by atoms with Crippen molar-refractivity contribution in [2.75, 3.05) is 6.54 Å². The van der Waals surface area contributed by atoms with Crippen molar-refractivity contribution < 1.29 is 55.9 Å². The second kappa shape index (κ2) is 15.3. The van der Waals surface area contributed by atoms with Gasteiger partial charge in [-0.3, -0.25) is 24.1 Å². The van der Waals surface area contributed by atoms with Crippen molar-refractivity contribution in [1.29, 1.82) is 0 Å². The number of benzene rings is 2. The van der Waals surface area contributed by atoms with E-state index in [-0.39, 0.29) is 19.2 Å². The zero-order valence-electron chi connectivity index (χ0n) is 25.7. The number of nitrogens with zero attached hydrogens (tertiary/aromatic N) is 2. The molecule has 0 spiro atoms. The Bertz CT molecular complexity index is 1360. The van der Waals surface area contributed by atoms with E-state index in [1.807, 2.05) is 4.90 Å². The van der Waals surface area contributed by atoms with E-state index in [1.54, 1.807) is 45.0 Å². The summed E-state index contributed by atoms with van der Waals surface area (Å²) in [5, 5.41) is 0.890. The fourth-order valence-corrected chi connectivity index (χ4v) is 4.96. The van der Waals surface area contributed by atoms with E-state index in [4.69, 9.17) is 14.4 Å². The second-order valence-electron chi connectivity index (χ2n) is 11.6. The van der Waals surface area contributed by atoms with Gasteiger partial charge in [0.1, 0.15) is 11.6 Å². The first-order valence-corrected chi connectivity index (χ1v) is 14.3. The number of hydroxylamine groups is 2. The first-order chi connectivity index (χ1) is 21.0. The van der Waals surface area contributed by atoms with Crippen molar-refractivity contribution in [3.05, 3.63) is 64.7 Å². The van der Waals surface area contributed by atoms with Crippen LogP contribution in [0.4, 0.5) is 17.6 Å². The Morgan fingerprint density at radius 1 is 0.800 bits per heavy atom. The average Bonchev–Trinajstić information content (AvgIpc) is 2.93. The highest BCUT2D eigenvalue weighted by molar-refractivity contribution is 5.75. The Morgan fingerprint density at radius 3 is 1.82 bits per heavy atom. The number of carbonyl (C=O) groups excluding carboxylic acids is 4. The molecule has 0 unspecified atom stereocenters. The Balaban J connectivity index is 1.81. The molecule has 0 heterocycles. The van der Waals surface area contributed by atoms with Gasteiger partial charge in [-0.1, -0.05) is 37.1 Å². The summed E-state index contributed by atoms with van der Waals surface area (Å²) in [5.74, 6) is -11.6. The average molecular weight is 641 g/mol. The molecule has 0 aromatic heterocycles. The summed E-state index contributed by atoms with van der Waals surface area (Å²) in [6.07, 6.45) is 2.14. The van der Waals surface area contributed by atoms with Crippen molar-refractivity contribution in [2.24, 2.45) is 0 Å². The van der Waals surface area contributed by atoms with Crippen molar-refractivity contribution in [3.8, 4) is 5.75 Å². The maximum absolute atomic E-state index is 13.9. The molecule has 1 aliphatic rings. The minimum Gasteiger partial charge on any atom is -0.459 e. The van der Waals surface area contributed by atoms with Crippen LogP contribution in [0.1, 0.15) is 71.4 Å². The van der Waals surface area contributed by atoms with Crippen molar-refractivity contribution in [1.82, 2.24) is 10.1 Å². The molecule has 2 aromatic carbocycles. The highest BCUT2D eigenvalue weighted by Crippen LogP contribution is 2.30. The quantitative estimate of drug-likeness (QED) is 0.108. The molecule has 3 rings (SSSR count). The zero-order valence-corrected chi connectivity index (χ0v) is 25.7. The minimum absolute atomic E-state index is 0.00653. The maximum atomic E-state index is 13.9. The van der Waals surface area contributed by atoms with E-state index in [0.29, 0.717) is 24.0 Å². The van der Waals surface area contributed by atoms with Crippen LogP contribution in [0.5, 0.6) is 5.75 Å². The lowest BCUT2D eigenvalue weighted by Gasteiger charge is -2.42. The summed E-state index contributed by atoms with van der Waals surface area (Å²) in [6, 6.07) is 5.38. The van der Waals surface area contributed by atoms with Crippen LogP contribution in [-0.4, -0.2) is 58.2 Å². The van der Waals surface area contributed by atoms with Crippen LogP contribution in [-0.2, 0) is 46.6 Å². The third-order valence-corrected chi connectivity index (χ3v) is 6.67. The summed E-state index contributed by atoms with van der Waals surface area (Å²) in [6.45, 7) is 7.60. The van der Waals surface area contributed by atoms with Gasteiger partial charge in [0, 0.05) is 37.7 Å². The van der Waals surface area contributed by atoms with Crippen molar-refractivity contribution >= 4 is 23.9 Å². The third kappa shape index (κ3) is 10.5. The Kier molecular flexibility index (Phi) is 12.1. The summed E-state index contributed by atoms with van der Waals surface area (Å²) < 4.78 is 64.9. The molecule has 0 aliphatic heterocycles. The highest BCUT2D eigenvalue weighted by Gasteiger charge is 2.39. The largest absolute Gasteiger partial charge is 0.459 e. The number of esters is 2. The van der Waals surface area contributed by atoms with E-state index in [0.717, 1.165) is 18.1 Å². The molecular weight excluding hydrogens is 604 g/mol. The lowest BCUT2D eigenvalue weighted by atomic mass is 9.89. The van der Waals surface area contributed by atoms with Crippen LogP contribution < -0.4 is 4.74 Å². The molecule has 0 amide bonds. The Hall–Kier alpha value is -4.04. The smallest absolute Gasteiger partial charge is 0.326 e. The zero-order chi connectivity index (χ0) is 33.5. The van der Waals surface area contributed by atoms with Gasteiger partial charge in [-0.15, -0.1) is 0 Å². The molecule has 0 bridgehead atoms. The van der Waals surface area contributed by atoms with Gasteiger partial charge in [0.25, 0.3) is 0 Å². The summed E-state index contributed by atoms with van der Waals surface area (Å²) in [4.78, 5) is 61.2. The lowest BCUT2D eigenvalue weighted by molar-refractivity contribution is -0.351. The van der Waals surface area contributed by atoms with E-state index in [2.05, 4.69) is 4.74 Å². The van der Waals surface area contributed by atoms with Crippen LogP contribution in [0.25, 0.3) is 0 Å². The second-order valence-corrected chi connectivity index (χ2v) is 11.6. The molecule has 14 heteroatoms. The Morgan fingerprint density at radius 2 is 1.31 bits per heavy atom. The van der Waals surface area contributed by atoms with Gasteiger partial charge in [0.2, 0.25) is 17.4 Å². The number of rotatable bonds is 11. The van der Waals surface area contributed by atoms with E-state index in [1.165, 1.54) is 13.8 Å². The number of halogens is 4. The van der Waals surface area contributed by atoms with Crippen LogP contribution in [0.15, 0.2) is 30.3 Å². The van der Waals surface area contributed by atoms with Gasteiger partial charge < -0.3 is 19.1 Å². The normalized spacial score (nSPS) is 16.8. The molecule has 0 N–H and O–H groups in total. The molecule has 2 atom stereocenters. The molecule has 1 aliphatic carbocycles. The summed E-state index contributed by atoms with van der Waals surface area (Å²) >= 11 is 0. The number of carbonyl (C=O) groups is 4. The van der Waals surface area contributed by atoms with Crippen LogP contribution in [0.3, 0.4) is 0 Å². The minimum atomic E-state index is -1.83. The highest BCUT2D eigenvalue weighted by atomic mass is 19.2. The summed E-state index contributed by atoms with van der Waals surface area (Å²) in [5.41, 5.74) is 0.303. The molecular formula is C31H36F4N2O8. The SMILES string of the molecule is CC(=O)ON(OC(C)=O)[C@@H]1CCCC[C@H]1N(CC(=O)OC(C)(C)C)Cc1ccc(CC(=O)Oc2c(F)c(F)cc(F)c2F)cc1. The van der Waals surface area contributed by atoms with Crippen molar-refractivity contribution in [2.45, 2.75) is 91.0 Å². The molecule has 45 heavy (non-hydrogen) atoms. The van der Waals surface area contributed by atoms with Crippen LogP contribution in [0, 0.1) is 23.3 Å². The van der Waals surface area contributed by atoms with Crippen LogP contribution >= 0.6 is 0 Å². The van der Waals surface area contributed by atoms with Gasteiger partial charge in [-0.25, -0.2) is 8.78 Å². The molecule has 0 radical (unpaired) electrons. The van der Waals surface area contributed by atoms with Crippen LogP contribution in [0.2, 0.25) is 0 Å². The first kappa shape index (κ1) is 35.4. The standard InChI is InChI=1S/C31H36F4N2O8/c1-18(38)44-37(45-19(2)39)25-9-7-6-8-24(25)36(17-27(41)43-31(3,4)5)16-21-12-10-20(11-13-21)14-26(40)42-30-28(34)22(32)15-23(33)29(30)35/h10-13,15,24-25H,6-9,14,16-17H2,1-5H3/t24-,25-/m1/s1. The fourth-order valence-electron chi connectivity index (χ4n) is 4.96. The van der Waals surface area contributed by atoms with Gasteiger partial charge in [0.15, 0.2) is 11.6 Å². The number of hydrogen-bond acceptors (Lipinski definition) is 10. The fraction of sp³-hybridized carbons (Fsp3) is 0.484. The predicted octanol–water partition coefficient (Wildman–Crippen LogP) is 5.10.